The molecule has 1 aromatic carbocycles. The SMILES string of the molecule is CC(=O)Nc1cc(Oc2ccc(C(=O)N[C@@H]3C[C@H]4CC[C@@H]3N4)cc2)no1. The molecule has 0 unspecified atom stereocenters. The van der Waals surface area contributed by atoms with E-state index in [-0.39, 0.29) is 29.6 Å². The van der Waals surface area contributed by atoms with Gasteiger partial charge in [-0.3, -0.25) is 14.9 Å². The number of rotatable bonds is 5. The van der Waals surface area contributed by atoms with Crippen LogP contribution >= 0.6 is 0 Å². The van der Waals surface area contributed by atoms with Gasteiger partial charge in [-0.1, -0.05) is 0 Å². The van der Waals surface area contributed by atoms with E-state index in [0.717, 1.165) is 12.8 Å². The largest absolute Gasteiger partial charge is 0.436 e. The van der Waals surface area contributed by atoms with Gasteiger partial charge in [-0.05, 0) is 48.7 Å². The zero-order valence-corrected chi connectivity index (χ0v) is 14.3. The summed E-state index contributed by atoms with van der Waals surface area (Å²) >= 11 is 0. The Morgan fingerprint density at radius 2 is 2.08 bits per heavy atom. The number of amides is 2. The lowest BCUT2D eigenvalue weighted by Crippen LogP contribution is -2.42. The molecule has 136 valence electrons. The van der Waals surface area contributed by atoms with Gasteiger partial charge in [0, 0.05) is 30.6 Å². The lowest BCUT2D eigenvalue weighted by molar-refractivity contribution is -0.114. The van der Waals surface area contributed by atoms with Gasteiger partial charge in [0.2, 0.25) is 11.8 Å². The second-order valence-corrected chi connectivity index (χ2v) is 6.70. The smallest absolute Gasteiger partial charge is 0.261 e. The van der Waals surface area contributed by atoms with Gasteiger partial charge in [0.15, 0.2) is 0 Å². The van der Waals surface area contributed by atoms with E-state index in [1.807, 2.05) is 0 Å². The molecule has 1 aromatic heterocycles. The minimum Gasteiger partial charge on any atom is -0.436 e. The normalized spacial score (nSPS) is 23.7. The number of hydrogen-bond donors (Lipinski definition) is 3. The van der Waals surface area contributed by atoms with Crippen LogP contribution in [0.4, 0.5) is 5.88 Å². The first-order valence-corrected chi connectivity index (χ1v) is 8.66. The molecule has 2 saturated heterocycles. The van der Waals surface area contributed by atoms with Crippen LogP contribution in [0.5, 0.6) is 11.6 Å². The lowest BCUT2D eigenvalue weighted by Gasteiger charge is -2.21. The molecule has 2 amide bonds. The van der Waals surface area contributed by atoms with Crippen LogP contribution in [-0.2, 0) is 4.79 Å². The number of carbonyl (C=O) groups is 2. The van der Waals surface area contributed by atoms with E-state index >= 15 is 0 Å². The van der Waals surface area contributed by atoms with E-state index < -0.39 is 0 Å². The first-order chi connectivity index (χ1) is 12.6. The average Bonchev–Trinajstić information content (AvgIpc) is 3.32. The minimum atomic E-state index is -0.256. The van der Waals surface area contributed by atoms with Crippen molar-refractivity contribution in [3.8, 4) is 11.6 Å². The Morgan fingerprint density at radius 3 is 2.73 bits per heavy atom. The average molecular weight is 356 g/mol. The number of nitrogens with zero attached hydrogens (tertiary/aromatic N) is 1. The highest BCUT2D eigenvalue weighted by atomic mass is 16.5. The van der Waals surface area contributed by atoms with Crippen molar-refractivity contribution in [2.24, 2.45) is 0 Å². The highest BCUT2D eigenvalue weighted by molar-refractivity contribution is 5.94. The molecule has 3 N–H and O–H groups in total. The number of ether oxygens (including phenoxy) is 1. The molecule has 3 atom stereocenters. The van der Waals surface area contributed by atoms with Crippen molar-refractivity contribution < 1.29 is 18.8 Å². The van der Waals surface area contributed by atoms with Crippen molar-refractivity contribution in [1.82, 2.24) is 15.8 Å². The number of carbonyl (C=O) groups excluding carboxylic acids is 2. The Bertz CT molecular complexity index is 817. The Kier molecular flexibility index (Phi) is 4.34. The molecule has 2 aliphatic heterocycles. The molecular weight excluding hydrogens is 336 g/mol. The molecule has 0 spiro atoms. The summed E-state index contributed by atoms with van der Waals surface area (Å²) in [5.74, 6) is 0.617. The number of nitrogens with one attached hydrogen (secondary N) is 3. The molecule has 4 rings (SSSR count). The van der Waals surface area contributed by atoms with Crippen LogP contribution in [0, 0.1) is 0 Å². The summed E-state index contributed by atoms with van der Waals surface area (Å²) in [7, 11) is 0. The molecular formula is C18H20N4O4. The topological polar surface area (TPSA) is 105 Å². The van der Waals surface area contributed by atoms with Gasteiger partial charge < -0.3 is 19.9 Å². The van der Waals surface area contributed by atoms with Crippen molar-refractivity contribution in [1.29, 1.82) is 0 Å². The molecule has 26 heavy (non-hydrogen) atoms. The number of anilines is 1. The van der Waals surface area contributed by atoms with Crippen LogP contribution < -0.4 is 20.7 Å². The molecule has 8 heteroatoms. The summed E-state index contributed by atoms with van der Waals surface area (Å²) in [6, 6.07) is 9.44. The van der Waals surface area contributed by atoms with Gasteiger partial charge in [-0.2, -0.15) is 0 Å². The molecule has 8 nitrogen and oxygen atoms in total. The van der Waals surface area contributed by atoms with Crippen molar-refractivity contribution in [2.45, 2.75) is 44.3 Å². The Hall–Kier alpha value is -2.87. The predicted molar refractivity (Wildman–Crippen MR) is 93.1 cm³/mol. The van der Waals surface area contributed by atoms with E-state index in [0.29, 0.717) is 23.4 Å². The minimum absolute atomic E-state index is 0.0784. The summed E-state index contributed by atoms with van der Waals surface area (Å²) in [6.45, 7) is 1.37. The van der Waals surface area contributed by atoms with Crippen molar-refractivity contribution in [3.63, 3.8) is 0 Å². The fraction of sp³-hybridized carbons (Fsp3) is 0.389. The van der Waals surface area contributed by atoms with Gasteiger partial charge in [-0.15, -0.1) is 0 Å². The predicted octanol–water partition coefficient (Wildman–Crippen LogP) is 2.05. The van der Waals surface area contributed by atoms with E-state index in [2.05, 4.69) is 21.1 Å². The summed E-state index contributed by atoms with van der Waals surface area (Å²) < 4.78 is 10.5. The van der Waals surface area contributed by atoms with Crippen molar-refractivity contribution >= 4 is 17.7 Å². The molecule has 2 aliphatic rings. The second kappa shape index (κ2) is 6.80. The molecule has 3 heterocycles. The van der Waals surface area contributed by atoms with Gasteiger partial charge in [0.1, 0.15) is 5.75 Å². The van der Waals surface area contributed by atoms with Crippen LogP contribution in [0.1, 0.15) is 36.5 Å². The third-order valence-corrected chi connectivity index (χ3v) is 4.74. The maximum absolute atomic E-state index is 12.4. The Balaban J connectivity index is 1.35. The third kappa shape index (κ3) is 3.55. The zero-order chi connectivity index (χ0) is 18.1. The first-order valence-electron chi connectivity index (χ1n) is 8.66. The maximum Gasteiger partial charge on any atom is 0.261 e. The molecule has 0 saturated carbocycles. The monoisotopic (exact) mass is 356 g/mol. The van der Waals surface area contributed by atoms with Gasteiger partial charge in [0.05, 0.1) is 6.07 Å². The third-order valence-electron chi connectivity index (χ3n) is 4.74. The summed E-state index contributed by atoms with van der Waals surface area (Å²) in [5, 5.41) is 12.8. The first kappa shape index (κ1) is 16.6. The highest BCUT2D eigenvalue weighted by Crippen LogP contribution is 2.28. The van der Waals surface area contributed by atoms with Crippen LogP contribution in [0.15, 0.2) is 34.9 Å². The quantitative estimate of drug-likeness (QED) is 0.757. The molecule has 2 aromatic rings. The maximum atomic E-state index is 12.4. The van der Waals surface area contributed by atoms with Crippen molar-refractivity contribution in [2.75, 3.05) is 5.32 Å². The fourth-order valence-corrected chi connectivity index (χ4v) is 3.57. The lowest BCUT2D eigenvalue weighted by atomic mass is 9.95. The second-order valence-electron chi connectivity index (χ2n) is 6.70. The number of hydrogen-bond acceptors (Lipinski definition) is 6. The molecule has 0 aliphatic carbocycles. The number of aromatic nitrogens is 1. The van der Waals surface area contributed by atoms with Crippen LogP contribution in [0.2, 0.25) is 0 Å². The Morgan fingerprint density at radius 1 is 1.27 bits per heavy atom. The van der Waals surface area contributed by atoms with E-state index in [1.165, 1.54) is 19.4 Å². The van der Waals surface area contributed by atoms with Gasteiger partial charge in [-0.25, -0.2) is 0 Å². The van der Waals surface area contributed by atoms with Gasteiger partial charge in [0.25, 0.3) is 11.8 Å². The standard InChI is InChI=1S/C18H20N4O4/c1-10(23)19-16-9-17(22-26-16)25-13-5-2-11(3-6-13)18(24)21-15-8-12-4-7-14(15)20-12/h2-3,5-6,9,12,14-15,20H,4,7-8H2,1H3,(H,19,23)(H,21,24)/t12-,14+,15-/m1/s1. The Labute approximate surface area is 150 Å². The summed E-state index contributed by atoms with van der Waals surface area (Å²) in [5.41, 5.74) is 0.583. The molecule has 0 radical (unpaired) electrons. The van der Waals surface area contributed by atoms with Crippen LogP contribution in [0.25, 0.3) is 0 Å². The number of fused-ring (bicyclic) bond motifs is 2. The van der Waals surface area contributed by atoms with E-state index in [1.54, 1.807) is 24.3 Å². The summed E-state index contributed by atoms with van der Waals surface area (Å²) in [4.78, 5) is 23.4. The molecule has 2 fully saturated rings. The fourth-order valence-electron chi connectivity index (χ4n) is 3.57. The van der Waals surface area contributed by atoms with Crippen molar-refractivity contribution in [3.05, 3.63) is 35.9 Å². The zero-order valence-electron chi connectivity index (χ0n) is 14.3. The molecule has 2 bridgehead atoms. The van der Waals surface area contributed by atoms with Gasteiger partial charge >= 0.3 is 0 Å². The number of benzene rings is 1. The van der Waals surface area contributed by atoms with E-state index in [9.17, 15) is 9.59 Å². The summed E-state index contributed by atoms with van der Waals surface area (Å²) in [6.07, 6.45) is 3.33. The van der Waals surface area contributed by atoms with Crippen LogP contribution in [-0.4, -0.2) is 35.1 Å². The van der Waals surface area contributed by atoms with Crippen LogP contribution in [0.3, 0.4) is 0 Å². The van der Waals surface area contributed by atoms with E-state index in [4.69, 9.17) is 9.26 Å². The highest BCUT2D eigenvalue weighted by Gasteiger charge is 2.39.